The Kier molecular flexibility index (Phi) is 10.3. The fraction of sp³-hybridized carbons (Fsp3) is 0.360. The van der Waals surface area contributed by atoms with Crippen molar-refractivity contribution < 1.29 is 39.3 Å². The molecule has 4 unspecified atom stereocenters. The van der Waals surface area contributed by atoms with Crippen LogP contribution in [0.5, 0.6) is 0 Å². The molecule has 2 heterocycles. The minimum absolute atomic E-state index is 0.0717. The van der Waals surface area contributed by atoms with Crippen LogP contribution in [0.4, 0.5) is 0 Å². The Hall–Kier alpha value is -4.76. The number of imidazole rings is 1. The molecule has 3 rings (SSSR count). The number of carboxylic acids is 2. The number of carboxylic acid groups (broad SMARTS) is 2. The van der Waals surface area contributed by atoms with E-state index in [4.69, 9.17) is 10.8 Å². The molecule has 40 heavy (non-hydrogen) atoms. The Balaban J connectivity index is 1.67. The molecule has 0 radical (unpaired) electrons. The van der Waals surface area contributed by atoms with Crippen LogP contribution < -0.4 is 21.7 Å². The number of aromatic amines is 2. The average molecular weight is 558 g/mol. The molecule has 1 aromatic carbocycles. The number of hydrogen-bond acceptors (Lipinski definition) is 8. The van der Waals surface area contributed by atoms with Crippen molar-refractivity contribution >= 4 is 40.6 Å². The summed E-state index contributed by atoms with van der Waals surface area (Å²) in [4.78, 5) is 71.1. The first-order valence-corrected chi connectivity index (χ1v) is 12.3. The van der Waals surface area contributed by atoms with E-state index in [1.54, 1.807) is 18.3 Å². The number of aliphatic hydroxyl groups excluding tert-OH is 1. The summed E-state index contributed by atoms with van der Waals surface area (Å²) >= 11 is 0. The van der Waals surface area contributed by atoms with Crippen molar-refractivity contribution in [3.63, 3.8) is 0 Å². The van der Waals surface area contributed by atoms with Crippen LogP contribution in [0, 0.1) is 0 Å². The standard InChI is InChI=1S/C25H31N7O8/c26-16(8-14-10-27-12-29-14)22(36)32-20(11-33)24(38)30-18(5-6-21(34)35)23(37)31-19(25(39)40)7-13-9-28-17-4-2-1-3-15(13)17/h1-4,9-10,12,16,18-20,28,33H,5-8,11,26H2,(H,27,29)(H,30,38)(H,31,37)(H,32,36)(H,34,35)(H,39,40). The maximum absolute atomic E-state index is 13.0. The summed E-state index contributed by atoms with van der Waals surface area (Å²) in [6.45, 7) is -0.847. The van der Waals surface area contributed by atoms with Gasteiger partial charge in [-0.2, -0.15) is 0 Å². The molecule has 10 N–H and O–H groups in total. The van der Waals surface area contributed by atoms with Crippen molar-refractivity contribution in [1.82, 2.24) is 30.9 Å². The fourth-order valence-corrected chi connectivity index (χ4v) is 4.00. The predicted octanol–water partition coefficient (Wildman–Crippen LogP) is -1.60. The molecule has 0 bridgehead atoms. The van der Waals surface area contributed by atoms with E-state index in [1.165, 1.54) is 12.5 Å². The second kappa shape index (κ2) is 13.9. The van der Waals surface area contributed by atoms with Gasteiger partial charge in [0.05, 0.1) is 19.0 Å². The number of fused-ring (bicyclic) bond motifs is 1. The molecule has 3 aromatic rings. The van der Waals surface area contributed by atoms with Crippen molar-refractivity contribution in [1.29, 1.82) is 0 Å². The monoisotopic (exact) mass is 557 g/mol. The Morgan fingerprint density at radius 1 is 0.900 bits per heavy atom. The predicted molar refractivity (Wildman–Crippen MR) is 140 cm³/mol. The van der Waals surface area contributed by atoms with E-state index in [0.717, 1.165) is 10.9 Å². The average Bonchev–Trinajstić information content (AvgIpc) is 3.58. The van der Waals surface area contributed by atoms with Crippen LogP contribution in [0.3, 0.4) is 0 Å². The minimum Gasteiger partial charge on any atom is -0.481 e. The highest BCUT2D eigenvalue weighted by Gasteiger charge is 2.31. The number of carbonyl (C=O) groups excluding carboxylic acids is 3. The molecule has 0 saturated heterocycles. The maximum Gasteiger partial charge on any atom is 0.326 e. The van der Waals surface area contributed by atoms with Crippen molar-refractivity contribution in [3.05, 3.63) is 54.2 Å². The second-order valence-electron chi connectivity index (χ2n) is 9.09. The van der Waals surface area contributed by atoms with Gasteiger partial charge in [0, 0.05) is 48.3 Å². The highest BCUT2D eigenvalue weighted by molar-refractivity contribution is 5.94. The Morgan fingerprint density at radius 3 is 2.23 bits per heavy atom. The molecular formula is C25H31N7O8. The highest BCUT2D eigenvalue weighted by atomic mass is 16.4. The normalized spacial score (nSPS) is 14.1. The molecule has 0 saturated carbocycles. The number of para-hydroxylation sites is 1. The van der Waals surface area contributed by atoms with E-state index in [9.17, 15) is 34.2 Å². The van der Waals surface area contributed by atoms with Crippen molar-refractivity contribution in [2.75, 3.05) is 6.61 Å². The summed E-state index contributed by atoms with van der Waals surface area (Å²) in [6.07, 6.45) is 3.58. The Bertz CT molecular complexity index is 1340. The van der Waals surface area contributed by atoms with E-state index >= 15 is 0 Å². The number of benzene rings is 1. The first-order valence-electron chi connectivity index (χ1n) is 12.3. The highest BCUT2D eigenvalue weighted by Crippen LogP contribution is 2.19. The van der Waals surface area contributed by atoms with Gasteiger partial charge in [0.15, 0.2) is 0 Å². The number of aromatic nitrogens is 3. The lowest BCUT2D eigenvalue weighted by Gasteiger charge is -2.24. The largest absolute Gasteiger partial charge is 0.481 e. The molecule has 2 aromatic heterocycles. The van der Waals surface area contributed by atoms with Crippen LogP contribution >= 0.6 is 0 Å². The molecule has 0 aliphatic heterocycles. The summed E-state index contributed by atoms with van der Waals surface area (Å²) in [5.74, 6) is -5.29. The lowest BCUT2D eigenvalue weighted by molar-refractivity contribution is -0.143. The van der Waals surface area contributed by atoms with E-state index < -0.39 is 66.9 Å². The SMILES string of the molecule is NC(Cc1cnc[nH]1)C(=O)NC(CO)C(=O)NC(CCC(=O)O)C(=O)NC(Cc1c[nH]c2ccccc12)C(=O)O. The minimum atomic E-state index is -1.51. The van der Waals surface area contributed by atoms with Crippen LogP contribution in [-0.4, -0.2) is 90.7 Å². The summed E-state index contributed by atoms with van der Waals surface area (Å²) < 4.78 is 0. The summed E-state index contributed by atoms with van der Waals surface area (Å²) in [5, 5.41) is 36.2. The number of aliphatic carboxylic acids is 2. The van der Waals surface area contributed by atoms with Gasteiger partial charge in [-0.15, -0.1) is 0 Å². The quantitative estimate of drug-likeness (QED) is 0.103. The van der Waals surface area contributed by atoms with Gasteiger partial charge < -0.3 is 47.0 Å². The van der Waals surface area contributed by atoms with Gasteiger partial charge in [0.1, 0.15) is 18.1 Å². The zero-order valence-corrected chi connectivity index (χ0v) is 21.3. The fourth-order valence-electron chi connectivity index (χ4n) is 4.00. The van der Waals surface area contributed by atoms with Gasteiger partial charge >= 0.3 is 11.9 Å². The molecule has 0 aliphatic carbocycles. The topological polar surface area (TPSA) is 253 Å². The first-order chi connectivity index (χ1) is 19.1. The van der Waals surface area contributed by atoms with Crippen LogP contribution in [0.1, 0.15) is 24.1 Å². The van der Waals surface area contributed by atoms with Gasteiger partial charge in [-0.25, -0.2) is 9.78 Å². The van der Waals surface area contributed by atoms with Crippen LogP contribution in [0.15, 0.2) is 43.0 Å². The third-order valence-corrected chi connectivity index (χ3v) is 6.14. The van der Waals surface area contributed by atoms with Crippen molar-refractivity contribution in [2.24, 2.45) is 5.73 Å². The van der Waals surface area contributed by atoms with Gasteiger partial charge in [0.25, 0.3) is 0 Å². The molecule has 0 spiro atoms. The van der Waals surface area contributed by atoms with Crippen molar-refractivity contribution in [3.8, 4) is 0 Å². The van der Waals surface area contributed by atoms with Gasteiger partial charge in [0.2, 0.25) is 17.7 Å². The summed E-state index contributed by atoms with van der Waals surface area (Å²) in [5.41, 5.74) is 7.83. The Morgan fingerprint density at radius 2 is 1.57 bits per heavy atom. The number of H-pyrrole nitrogens is 2. The van der Waals surface area contributed by atoms with E-state index in [1.807, 2.05) is 12.1 Å². The third kappa shape index (κ3) is 8.12. The zero-order chi connectivity index (χ0) is 29.2. The summed E-state index contributed by atoms with van der Waals surface area (Å²) in [6, 6.07) is 1.72. The lowest BCUT2D eigenvalue weighted by Crippen LogP contribution is -2.58. The molecule has 4 atom stereocenters. The molecule has 15 heteroatoms. The second-order valence-corrected chi connectivity index (χ2v) is 9.09. The number of hydrogen-bond donors (Lipinski definition) is 9. The van der Waals surface area contributed by atoms with E-state index in [2.05, 4.69) is 30.9 Å². The van der Waals surface area contributed by atoms with Crippen molar-refractivity contribution in [2.45, 2.75) is 49.9 Å². The smallest absolute Gasteiger partial charge is 0.326 e. The number of amides is 3. The molecule has 0 aliphatic rings. The number of aliphatic hydroxyl groups is 1. The third-order valence-electron chi connectivity index (χ3n) is 6.14. The first kappa shape index (κ1) is 29.8. The Labute approximate surface area is 227 Å². The number of nitrogens with zero attached hydrogens (tertiary/aromatic N) is 1. The van der Waals surface area contributed by atoms with E-state index in [-0.39, 0.29) is 19.3 Å². The summed E-state index contributed by atoms with van der Waals surface area (Å²) in [7, 11) is 0. The number of carbonyl (C=O) groups is 5. The molecular weight excluding hydrogens is 526 g/mol. The van der Waals surface area contributed by atoms with Crippen LogP contribution in [-0.2, 0) is 36.8 Å². The molecule has 0 fully saturated rings. The zero-order valence-electron chi connectivity index (χ0n) is 21.3. The van der Waals surface area contributed by atoms with Gasteiger partial charge in [-0.1, -0.05) is 18.2 Å². The number of nitrogens with one attached hydrogen (secondary N) is 5. The maximum atomic E-state index is 13.0. The van der Waals surface area contributed by atoms with Gasteiger partial charge in [-0.3, -0.25) is 19.2 Å². The van der Waals surface area contributed by atoms with E-state index in [0.29, 0.717) is 11.3 Å². The lowest BCUT2D eigenvalue weighted by atomic mass is 10.0. The number of rotatable bonds is 15. The molecule has 214 valence electrons. The molecule has 3 amide bonds. The number of nitrogens with two attached hydrogens (primary N) is 1. The van der Waals surface area contributed by atoms with Crippen LogP contribution in [0.2, 0.25) is 0 Å². The van der Waals surface area contributed by atoms with Gasteiger partial charge in [-0.05, 0) is 18.1 Å². The van der Waals surface area contributed by atoms with Crippen LogP contribution in [0.25, 0.3) is 10.9 Å². The molecule has 15 nitrogen and oxygen atoms in total.